The molecule has 1 saturated carbocycles. The Morgan fingerprint density at radius 3 is 2.61 bits per heavy atom. The first-order chi connectivity index (χ1) is 15.9. The third-order valence-corrected chi connectivity index (χ3v) is 7.01. The number of carbonyl (C=O) groups excluding carboxylic acids is 1. The van der Waals surface area contributed by atoms with Crippen molar-refractivity contribution in [3.05, 3.63) is 58.6 Å². The molecule has 0 aromatic heterocycles. The summed E-state index contributed by atoms with van der Waals surface area (Å²) in [6, 6.07) is 11.7. The third-order valence-electron chi connectivity index (χ3n) is 6.78. The average molecular weight is 472 g/mol. The van der Waals surface area contributed by atoms with Crippen LogP contribution >= 0.6 is 11.6 Å². The molecule has 0 radical (unpaired) electrons. The summed E-state index contributed by atoms with van der Waals surface area (Å²) in [4.78, 5) is 24.4. The van der Waals surface area contributed by atoms with Crippen LogP contribution in [-0.4, -0.2) is 41.5 Å². The molecule has 1 amide bonds. The molecule has 3 aliphatic rings. The number of carboxylic acids is 1. The van der Waals surface area contributed by atoms with E-state index < -0.39 is 18.2 Å². The van der Waals surface area contributed by atoms with Gasteiger partial charge >= 0.3 is 5.97 Å². The molecule has 5 rings (SSSR count). The standard InChI is InChI=1S/C25H26ClNO6/c26-16-5-8-21-19(11-16)20(24(29)30)12-22(33-21)32-18-6-3-15(4-7-18)23(28)27-17-13-25(31-14-17)9-1-2-10-25/h3-8,11,17,20,22H,1-2,9-10,12-14H2,(H,27,28)(H,29,30). The van der Waals surface area contributed by atoms with E-state index in [9.17, 15) is 14.7 Å². The molecule has 2 aromatic carbocycles. The maximum absolute atomic E-state index is 12.7. The van der Waals surface area contributed by atoms with Crippen LogP contribution in [-0.2, 0) is 9.53 Å². The largest absolute Gasteiger partial charge is 0.481 e. The number of carbonyl (C=O) groups is 2. The summed E-state index contributed by atoms with van der Waals surface area (Å²) in [5.74, 6) is -0.946. The Bertz CT molecular complexity index is 1050. The van der Waals surface area contributed by atoms with Crippen molar-refractivity contribution in [3.63, 3.8) is 0 Å². The molecular formula is C25H26ClNO6. The lowest BCUT2D eigenvalue weighted by Gasteiger charge is -2.30. The molecule has 3 atom stereocenters. The normalized spacial score (nSPS) is 25.3. The highest BCUT2D eigenvalue weighted by atomic mass is 35.5. The van der Waals surface area contributed by atoms with Gasteiger partial charge in [0.05, 0.1) is 24.2 Å². The van der Waals surface area contributed by atoms with Gasteiger partial charge in [-0.2, -0.15) is 0 Å². The Hall–Kier alpha value is -2.77. The minimum atomic E-state index is -0.960. The molecule has 1 aliphatic carbocycles. The lowest BCUT2D eigenvalue weighted by Crippen LogP contribution is -2.36. The Morgan fingerprint density at radius 2 is 1.88 bits per heavy atom. The SMILES string of the molecule is O=C(NC1COC2(CCCC2)C1)c1ccc(OC2CC(C(=O)O)c3cc(Cl)ccc3O2)cc1. The average Bonchev–Trinajstić information content (AvgIpc) is 3.43. The molecule has 1 spiro atoms. The van der Waals surface area contributed by atoms with Crippen molar-refractivity contribution in [2.45, 2.75) is 62.4 Å². The summed E-state index contributed by atoms with van der Waals surface area (Å²) >= 11 is 6.02. The molecular weight excluding hydrogens is 446 g/mol. The zero-order valence-electron chi connectivity index (χ0n) is 18.1. The maximum atomic E-state index is 12.7. The Kier molecular flexibility index (Phi) is 5.93. The predicted molar refractivity (Wildman–Crippen MR) is 121 cm³/mol. The quantitative estimate of drug-likeness (QED) is 0.665. The van der Waals surface area contributed by atoms with Gasteiger partial charge in [0.2, 0.25) is 6.29 Å². The molecule has 7 nitrogen and oxygen atoms in total. The molecule has 2 fully saturated rings. The Balaban J connectivity index is 1.21. The Labute approximate surface area is 197 Å². The van der Waals surface area contributed by atoms with E-state index in [4.69, 9.17) is 25.8 Å². The van der Waals surface area contributed by atoms with Crippen LogP contribution in [0.25, 0.3) is 0 Å². The van der Waals surface area contributed by atoms with E-state index in [1.54, 1.807) is 42.5 Å². The van der Waals surface area contributed by atoms with E-state index in [0.717, 1.165) is 19.3 Å². The highest BCUT2D eigenvalue weighted by Crippen LogP contribution is 2.41. The van der Waals surface area contributed by atoms with E-state index in [-0.39, 0.29) is 24.0 Å². The number of rotatable bonds is 5. The molecule has 2 aliphatic heterocycles. The van der Waals surface area contributed by atoms with Gasteiger partial charge in [0, 0.05) is 22.6 Å². The summed E-state index contributed by atoms with van der Waals surface area (Å²) in [5, 5.41) is 13.2. The van der Waals surface area contributed by atoms with Crippen molar-refractivity contribution in [2.24, 2.45) is 0 Å². The van der Waals surface area contributed by atoms with Gasteiger partial charge in [-0.25, -0.2) is 0 Å². The van der Waals surface area contributed by atoms with Crippen LogP contribution in [0.2, 0.25) is 5.02 Å². The van der Waals surface area contributed by atoms with Crippen LogP contribution in [0.5, 0.6) is 11.5 Å². The zero-order chi connectivity index (χ0) is 23.0. The smallest absolute Gasteiger partial charge is 0.311 e. The fourth-order valence-electron chi connectivity index (χ4n) is 5.12. The van der Waals surface area contributed by atoms with E-state index in [2.05, 4.69) is 5.32 Å². The van der Waals surface area contributed by atoms with Gasteiger partial charge < -0.3 is 24.6 Å². The second kappa shape index (κ2) is 8.88. The molecule has 0 bridgehead atoms. The van der Waals surface area contributed by atoms with Crippen molar-refractivity contribution < 1.29 is 28.9 Å². The number of benzene rings is 2. The summed E-state index contributed by atoms with van der Waals surface area (Å²) in [6.07, 6.45) is 4.80. The highest BCUT2D eigenvalue weighted by Gasteiger charge is 2.42. The van der Waals surface area contributed by atoms with Crippen molar-refractivity contribution in [1.82, 2.24) is 5.32 Å². The number of hydrogen-bond donors (Lipinski definition) is 2. The lowest BCUT2D eigenvalue weighted by molar-refractivity contribution is -0.141. The third kappa shape index (κ3) is 4.66. The molecule has 2 aromatic rings. The van der Waals surface area contributed by atoms with E-state index in [0.29, 0.717) is 34.3 Å². The van der Waals surface area contributed by atoms with E-state index >= 15 is 0 Å². The number of carboxylic acid groups (broad SMARTS) is 1. The molecule has 33 heavy (non-hydrogen) atoms. The lowest BCUT2D eigenvalue weighted by atomic mass is 9.92. The summed E-state index contributed by atoms with van der Waals surface area (Å²) in [6.45, 7) is 0.559. The van der Waals surface area contributed by atoms with Gasteiger partial charge in [0.1, 0.15) is 11.5 Å². The second-order valence-corrected chi connectivity index (χ2v) is 9.51. The van der Waals surface area contributed by atoms with Gasteiger partial charge in [0.15, 0.2) is 0 Å². The van der Waals surface area contributed by atoms with Crippen LogP contribution in [0, 0.1) is 0 Å². The first kappa shape index (κ1) is 22.0. The van der Waals surface area contributed by atoms with Gasteiger partial charge in [0.25, 0.3) is 5.91 Å². The van der Waals surface area contributed by atoms with Crippen molar-refractivity contribution in [1.29, 1.82) is 0 Å². The van der Waals surface area contributed by atoms with E-state index in [1.165, 1.54) is 12.8 Å². The number of halogens is 1. The van der Waals surface area contributed by atoms with Gasteiger partial charge in [-0.3, -0.25) is 9.59 Å². The summed E-state index contributed by atoms with van der Waals surface area (Å²) in [5.41, 5.74) is 1.03. The van der Waals surface area contributed by atoms with E-state index in [1.807, 2.05) is 0 Å². The number of ether oxygens (including phenoxy) is 3. The molecule has 174 valence electrons. The molecule has 8 heteroatoms. The molecule has 2 N–H and O–H groups in total. The number of aliphatic carboxylic acids is 1. The van der Waals surface area contributed by atoms with Gasteiger partial charge in [-0.1, -0.05) is 24.4 Å². The van der Waals surface area contributed by atoms with Crippen molar-refractivity contribution in [3.8, 4) is 11.5 Å². The fourth-order valence-corrected chi connectivity index (χ4v) is 5.30. The summed E-state index contributed by atoms with van der Waals surface area (Å²) in [7, 11) is 0. The second-order valence-electron chi connectivity index (χ2n) is 9.07. The molecule has 2 heterocycles. The monoisotopic (exact) mass is 471 g/mol. The van der Waals surface area contributed by atoms with Crippen LogP contribution in [0.15, 0.2) is 42.5 Å². The fraction of sp³-hybridized carbons (Fsp3) is 0.440. The van der Waals surface area contributed by atoms with Crippen LogP contribution in [0.1, 0.15) is 60.4 Å². The topological polar surface area (TPSA) is 94.1 Å². The minimum Gasteiger partial charge on any atom is -0.481 e. The van der Waals surface area contributed by atoms with Crippen molar-refractivity contribution in [2.75, 3.05) is 6.61 Å². The predicted octanol–water partition coefficient (Wildman–Crippen LogP) is 4.53. The zero-order valence-corrected chi connectivity index (χ0v) is 18.8. The number of amides is 1. The Morgan fingerprint density at radius 1 is 1.12 bits per heavy atom. The maximum Gasteiger partial charge on any atom is 0.311 e. The number of hydrogen-bond acceptors (Lipinski definition) is 5. The highest BCUT2D eigenvalue weighted by molar-refractivity contribution is 6.30. The number of fused-ring (bicyclic) bond motifs is 1. The molecule has 3 unspecified atom stereocenters. The van der Waals surface area contributed by atoms with Crippen LogP contribution in [0.3, 0.4) is 0 Å². The van der Waals surface area contributed by atoms with Crippen LogP contribution < -0.4 is 14.8 Å². The van der Waals surface area contributed by atoms with Gasteiger partial charge in [-0.05, 0) is 61.7 Å². The van der Waals surface area contributed by atoms with Crippen LogP contribution in [0.4, 0.5) is 0 Å². The number of nitrogens with one attached hydrogen (secondary N) is 1. The minimum absolute atomic E-state index is 0.0312. The summed E-state index contributed by atoms with van der Waals surface area (Å²) < 4.78 is 17.7. The first-order valence-corrected chi connectivity index (χ1v) is 11.7. The molecule has 1 saturated heterocycles. The van der Waals surface area contributed by atoms with Gasteiger partial charge in [-0.15, -0.1) is 0 Å². The first-order valence-electron chi connectivity index (χ1n) is 11.3. The van der Waals surface area contributed by atoms with Crippen molar-refractivity contribution >= 4 is 23.5 Å².